The highest BCUT2D eigenvalue weighted by Crippen LogP contribution is 2.67. The topological polar surface area (TPSA) is 72.8 Å². The molecule has 4 aliphatic rings. The Bertz CT molecular complexity index is 1020. The summed E-state index contributed by atoms with van der Waals surface area (Å²) in [5.41, 5.74) is 4.95. The molecule has 0 spiro atoms. The van der Waals surface area contributed by atoms with E-state index < -0.39 is 11.7 Å². The van der Waals surface area contributed by atoms with E-state index in [1.807, 2.05) is 13.8 Å². The first-order valence-corrected chi connectivity index (χ1v) is 14.2. The van der Waals surface area contributed by atoms with Crippen LogP contribution in [0.15, 0.2) is 47.1 Å². The van der Waals surface area contributed by atoms with Crippen LogP contribution in [-0.4, -0.2) is 34.9 Å². The van der Waals surface area contributed by atoms with Crippen LogP contribution in [0.25, 0.3) is 0 Å². The average Bonchev–Trinajstić information content (AvgIpc) is 3.45. The summed E-state index contributed by atoms with van der Waals surface area (Å²) in [5, 5.41) is 10.2. The van der Waals surface area contributed by atoms with Gasteiger partial charge in [0, 0.05) is 26.7 Å². The van der Waals surface area contributed by atoms with E-state index in [9.17, 15) is 14.7 Å². The number of hydrogen-bond donors (Lipinski definition) is 1. The van der Waals surface area contributed by atoms with Gasteiger partial charge in [-0.1, -0.05) is 42.9 Å². The molecule has 3 fully saturated rings. The third-order valence-corrected chi connectivity index (χ3v) is 9.29. The average molecular weight is 511 g/mol. The number of carbonyl (C=O) groups excluding carboxylic acids is 2. The SMILES string of the molecule is C=C1/C(=C\C=C2/CCC[C@]3(C)C(C4(CCCC(C)(C)O)CC4)=CC[C@@H]23)C[C@@H](OC(C)=O)C[C@@H]1OC(C)=O. The van der Waals surface area contributed by atoms with Gasteiger partial charge in [-0.3, -0.25) is 9.59 Å². The minimum absolute atomic E-state index is 0.206. The summed E-state index contributed by atoms with van der Waals surface area (Å²) in [6.07, 6.45) is 17.6. The van der Waals surface area contributed by atoms with Crippen LogP contribution < -0.4 is 0 Å². The van der Waals surface area contributed by atoms with Gasteiger partial charge in [0.15, 0.2) is 0 Å². The van der Waals surface area contributed by atoms with Crippen LogP contribution in [0.5, 0.6) is 0 Å². The monoisotopic (exact) mass is 510 g/mol. The van der Waals surface area contributed by atoms with E-state index in [2.05, 4.69) is 31.7 Å². The van der Waals surface area contributed by atoms with Gasteiger partial charge < -0.3 is 14.6 Å². The van der Waals surface area contributed by atoms with Crippen molar-refractivity contribution in [2.45, 2.75) is 123 Å². The molecule has 5 heteroatoms. The summed E-state index contributed by atoms with van der Waals surface area (Å²) in [6.45, 7) is 13.4. The highest BCUT2D eigenvalue weighted by molar-refractivity contribution is 5.67. The molecule has 0 saturated heterocycles. The summed E-state index contributed by atoms with van der Waals surface area (Å²) in [4.78, 5) is 23.3. The summed E-state index contributed by atoms with van der Waals surface area (Å²) in [5.74, 6) is -0.150. The zero-order valence-corrected chi connectivity index (χ0v) is 23.5. The van der Waals surface area contributed by atoms with Gasteiger partial charge in [0.2, 0.25) is 0 Å². The molecule has 0 aromatic heterocycles. The number of fused-ring (bicyclic) bond motifs is 1. The summed E-state index contributed by atoms with van der Waals surface area (Å²) >= 11 is 0. The largest absolute Gasteiger partial charge is 0.462 e. The molecule has 0 amide bonds. The van der Waals surface area contributed by atoms with E-state index in [-0.39, 0.29) is 23.5 Å². The highest BCUT2D eigenvalue weighted by Gasteiger charge is 2.56. The third kappa shape index (κ3) is 6.30. The van der Waals surface area contributed by atoms with Gasteiger partial charge in [-0.15, -0.1) is 0 Å². The lowest BCUT2D eigenvalue weighted by molar-refractivity contribution is -0.152. The van der Waals surface area contributed by atoms with Gasteiger partial charge in [-0.2, -0.15) is 0 Å². The van der Waals surface area contributed by atoms with E-state index in [0.29, 0.717) is 24.2 Å². The van der Waals surface area contributed by atoms with Crippen molar-refractivity contribution in [2.24, 2.45) is 16.7 Å². The number of carbonyl (C=O) groups is 2. The minimum atomic E-state index is -0.590. The lowest BCUT2D eigenvalue weighted by Crippen LogP contribution is -2.34. The first kappa shape index (κ1) is 27.9. The molecule has 0 aliphatic heterocycles. The van der Waals surface area contributed by atoms with E-state index in [0.717, 1.165) is 36.8 Å². The van der Waals surface area contributed by atoms with Gasteiger partial charge in [0.1, 0.15) is 12.2 Å². The van der Waals surface area contributed by atoms with Crippen molar-refractivity contribution in [3.05, 3.63) is 47.1 Å². The van der Waals surface area contributed by atoms with Crippen LogP contribution in [0.2, 0.25) is 0 Å². The highest BCUT2D eigenvalue weighted by atomic mass is 16.6. The van der Waals surface area contributed by atoms with Gasteiger partial charge in [0.25, 0.3) is 0 Å². The molecule has 4 atom stereocenters. The Hall–Kier alpha value is -2.14. The molecule has 204 valence electrons. The van der Waals surface area contributed by atoms with Crippen LogP contribution in [0.1, 0.15) is 105 Å². The maximum Gasteiger partial charge on any atom is 0.303 e. The maximum absolute atomic E-state index is 11.7. The third-order valence-electron chi connectivity index (χ3n) is 9.29. The van der Waals surface area contributed by atoms with Gasteiger partial charge >= 0.3 is 11.9 Å². The lowest BCUT2D eigenvalue weighted by atomic mass is 9.61. The number of aliphatic hydroxyl groups is 1. The van der Waals surface area contributed by atoms with E-state index in [1.54, 1.807) is 5.57 Å². The van der Waals surface area contributed by atoms with Crippen molar-refractivity contribution in [2.75, 3.05) is 0 Å². The first-order valence-electron chi connectivity index (χ1n) is 14.2. The molecule has 0 aromatic carbocycles. The lowest BCUT2D eigenvalue weighted by Gasteiger charge is -2.43. The Morgan fingerprint density at radius 2 is 1.86 bits per heavy atom. The summed E-state index contributed by atoms with van der Waals surface area (Å²) in [7, 11) is 0. The van der Waals surface area contributed by atoms with Crippen LogP contribution >= 0.6 is 0 Å². The fourth-order valence-electron chi connectivity index (χ4n) is 7.38. The van der Waals surface area contributed by atoms with E-state index >= 15 is 0 Å². The second kappa shape index (κ2) is 10.6. The van der Waals surface area contributed by atoms with Gasteiger partial charge in [0.05, 0.1) is 5.60 Å². The van der Waals surface area contributed by atoms with E-state index in [4.69, 9.17) is 9.47 Å². The van der Waals surface area contributed by atoms with Crippen LogP contribution in [0, 0.1) is 16.7 Å². The second-order valence-electron chi connectivity index (χ2n) is 12.9. The van der Waals surface area contributed by atoms with Crippen molar-refractivity contribution in [3.8, 4) is 0 Å². The van der Waals surface area contributed by atoms with Gasteiger partial charge in [-0.25, -0.2) is 0 Å². The molecule has 0 aromatic rings. The zero-order valence-electron chi connectivity index (χ0n) is 23.5. The fraction of sp³-hybridized carbons (Fsp3) is 0.688. The zero-order chi connectivity index (χ0) is 27.0. The second-order valence-corrected chi connectivity index (χ2v) is 12.9. The summed E-state index contributed by atoms with van der Waals surface area (Å²) in [6, 6.07) is 0. The predicted octanol–water partition coefficient (Wildman–Crippen LogP) is 6.91. The molecule has 0 radical (unpaired) electrons. The van der Waals surface area contributed by atoms with Crippen LogP contribution in [-0.2, 0) is 19.1 Å². The Kier molecular flexibility index (Phi) is 7.95. The molecule has 0 unspecified atom stereocenters. The Morgan fingerprint density at radius 3 is 2.49 bits per heavy atom. The molecule has 37 heavy (non-hydrogen) atoms. The molecule has 0 heterocycles. The maximum atomic E-state index is 11.7. The smallest absolute Gasteiger partial charge is 0.303 e. The van der Waals surface area contributed by atoms with Crippen LogP contribution in [0.3, 0.4) is 0 Å². The first-order chi connectivity index (χ1) is 17.3. The Balaban J connectivity index is 1.51. The number of rotatable bonds is 8. The molecule has 4 rings (SSSR count). The van der Waals surface area contributed by atoms with Crippen molar-refractivity contribution in [3.63, 3.8) is 0 Å². The molecule has 0 bridgehead atoms. The Morgan fingerprint density at radius 1 is 1.16 bits per heavy atom. The number of allylic oxidation sites excluding steroid dienone is 5. The molecule has 4 aliphatic carbocycles. The van der Waals surface area contributed by atoms with Crippen molar-refractivity contribution < 1.29 is 24.2 Å². The number of ether oxygens (including phenoxy) is 2. The summed E-state index contributed by atoms with van der Waals surface area (Å²) < 4.78 is 11.0. The fourth-order valence-corrected chi connectivity index (χ4v) is 7.38. The molecular formula is C32H46O5. The van der Waals surface area contributed by atoms with Crippen molar-refractivity contribution >= 4 is 11.9 Å². The van der Waals surface area contributed by atoms with Gasteiger partial charge in [-0.05, 0) is 99.5 Å². The van der Waals surface area contributed by atoms with E-state index in [1.165, 1.54) is 51.5 Å². The molecule has 5 nitrogen and oxygen atoms in total. The molecular weight excluding hydrogens is 464 g/mol. The minimum Gasteiger partial charge on any atom is -0.462 e. The quantitative estimate of drug-likeness (QED) is 0.284. The normalized spacial score (nSPS) is 33.2. The number of hydrogen-bond acceptors (Lipinski definition) is 5. The molecule has 3 saturated carbocycles. The van der Waals surface area contributed by atoms with Crippen LogP contribution in [0.4, 0.5) is 0 Å². The predicted molar refractivity (Wildman–Crippen MR) is 146 cm³/mol. The number of esters is 2. The standard InChI is InChI=1S/C32H46O5/c1-21-25(19-26(36-22(2)33)20-28(21)37-23(3)34)11-10-24-9-7-15-31(6)27(24)12-13-29(31)32(17-18-32)16-8-14-30(4,5)35/h10-11,13,26-28,35H,1,7-9,12,14-20H2,2-6H3/b24-10+,25-11-/t26-,27+,28+,31+/m1/s1. The van der Waals surface area contributed by atoms with Crippen molar-refractivity contribution in [1.82, 2.24) is 0 Å². The Labute approximate surface area is 223 Å². The van der Waals surface area contributed by atoms with Crippen molar-refractivity contribution in [1.29, 1.82) is 0 Å². The molecule has 1 N–H and O–H groups in total.